The Bertz CT molecular complexity index is 1020. The summed E-state index contributed by atoms with van der Waals surface area (Å²) in [4.78, 5) is 17.3. The number of hydrogen-bond donors (Lipinski definition) is 1. The van der Waals surface area contributed by atoms with Crippen molar-refractivity contribution in [1.29, 1.82) is 0 Å². The van der Waals surface area contributed by atoms with E-state index in [0.717, 1.165) is 43.0 Å². The molecule has 1 heterocycles. The fourth-order valence-electron chi connectivity index (χ4n) is 3.80. The monoisotopic (exact) mass is 413 g/mol. The van der Waals surface area contributed by atoms with E-state index in [1.54, 1.807) is 19.2 Å². The summed E-state index contributed by atoms with van der Waals surface area (Å²) in [5.74, 6) is -0.808. The number of nitrogens with one attached hydrogen (secondary N) is 1. The normalized spacial score (nSPS) is 15.6. The van der Waals surface area contributed by atoms with Crippen molar-refractivity contribution in [3.63, 3.8) is 0 Å². The Labute approximate surface area is 172 Å². The molecule has 30 heavy (non-hydrogen) atoms. The van der Waals surface area contributed by atoms with Crippen molar-refractivity contribution in [3.8, 4) is 17.1 Å². The van der Waals surface area contributed by atoms with E-state index in [2.05, 4.69) is 15.5 Å². The molecule has 1 aliphatic rings. The lowest BCUT2D eigenvalue weighted by Gasteiger charge is -2.34. The summed E-state index contributed by atoms with van der Waals surface area (Å²) in [5.41, 5.74) is -0.224. The molecule has 1 saturated carbocycles. The quantitative estimate of drug-likeness (QED) is 0.661. The third-order valence-corrected chi connectivity index (χ3v) is 5.37. The number of amides is 1. The molecule has 0 aliphatic heterocycles. The number of carbonyl (C=O) groups is 1. The van der Waals surface area contributed by atoms with Gasteiger partial charge in [-0.2, -0.15) is 4.98 Å². The summed E-state index contributed by atoms with van der Waals surface area (Å²) in [6.45, 7) is 0. The van der Waals surface area contributed by atoms with E-state index in [1.807, 2.05) is 12.1 Å². The van der Waals surface area contributed by atoms with Crippen LogP contribution in [0.15, 0.2) is 47.0 Å². The molecule has 0 bridgehead atoms. The summed E-state index contributed by atoms with van der Waals surface area (Å²) in [5, 5.41) is 6.99. The number of carbonyl (C=O) groups excluding carboxylic acids is 1. The topological polar surface area (TPSA) is 77.3 Å². The predicted molar refractivity (Wildman–Crippen MR) is 105 cm³/mol. The SMILES string of the molecule is COc1ccc(-c2noc(C3(NC(=O)c4cc(F)cc(F)c4)CCCCC3)n2)cc1. The van der Waals surface area contributed by atoms with Crippen LogP contribution in [-0.2, 0) is 5.54 Å². The van der Waals surface area contributed by atoms with Gasteiger partial charge < -0.3 is 14.6 Å². The van der Waals surface area contributed by atoms with Gasteiger partial charge in [0.1, 0.15) is 22.9 Å². The Morgan fingerprint density at radius 1 is 1.07 bits per heavy atom. The highest BCUT2D eigenvalue weighted by atomic mass is 19.1. The van der Waals surface area contributed by atoms with Gasteiger partial charge in [-0.3, -0.25) is 4.79 Å². The van der Waals surface area contributed by atoms with Crippen LogP contribution in [0, 0.1) is 11.6 Å². The van der Waals surface area contributed by atoms with Crippen molar-refractivity contribution in [2.75, 3.05) is 7.11 Å². The summed E-state index contributed by atoms with van der Waals surface area (Å²) in [6.07, 6.45) is 3.93. The van der Waals surface area contributed by atoms with Crippen LogP contribution < -0.4 is 10.1 Å². The molecule has 156 valence electrons. The Morgan fingerprint density at radius 2 is 1.73 bits per heavy atom. The van der Waals surface area contributed by atoms with Gasteiger partial charge >= 0.3 is 0 Å². The lowest BCUT2D eigenvalue weighted by atomic mass is 9.81. The van der Waals surface area contributed by atoms with Crippen molar-refractivity contribution >= 4 is 5.91 Å². The van der Waals surface area contributed by atoms with E-state index >= 15 is 0 Å². The summed E-state index contributed by atoms with van der Waals surface area (Å²) in [6, 6.07) is 9.96. The first kappa shape index (κ1) is 20.0. The molecule has 0 unspecified atom stereocenters. The molecule has 0 atom stereocenters. The molecule has 1 N–H and O–H groups in total. The smallest absolute Gasteiger partial charge is 0.252 e. The van der Waals surface area contributed by atoms with Gasteiger partial charge in [0.15, 0.2) is 0 Å². The predicted octanol–water partition coefficient (Wildman–Crippen LogP) is 4.61. The molecular weight excluding hydrogens is 392 g/mol. The minimum absolute atomic E-state index is 0.0904. The maximum Gasteiger partial charge on any atom is 0.252 e. The molecule has 6 nitrogen and oxygen atoms in total. The molecule has 1 fully saturated rings. The Kier molecular flexibility index (Phi) is 5.48. The zero-order valence-electron chi connectivity index (χ0n) is 16.5. The minimum atomic E-state index is -0.879. The number of methoxy groups -OCH3 is 1. The second-order valence-corrected chi connectivity index (χ2v) is 7.41. The molecule has 2 aromatic carbocycles. The number of hydrogen-bond acceptors (Lipinski definition) is 5. The summed E-state index contributed by atoms with van der Waals surface area (Å²) in [7, 11) is 1.58. The number of halogens is 2. The number of aromatic nitrogens is 2. The lowest BCUT2D eigenvalue weighted by Crippen LogP contribution is -2.47. The van der Waals surface area contributed by atoms with Crippen LogP contribution >= 0.6 is 0 Å². The van der Waals surface area contributed by atoms with Gasteiger partial charge in [0.05, 0.1) is 7.11 Å². The second kappa shape index (κ2) is 8.22. The van der Waals surface area contributed by atoms with E-state index < -0.39 is 23.1 Å². The first-order valence-corrected chi connectivity index (χ1v) is 9.76. The van der Waals surface area contributed by atoms with Gasteiger partial charge in [-0.05, 0) is 49.2 Å². The van der Waals surface area contributed by atoms with Crippen LogP contribution in [0.5, 0.6) is 5.75 Å². The fourth-order valence-corrected chi connectivity index (χ4v) is 3.80. The zero-order valence-corrected chi connectivity index (χ0v) is 16.5. The molecule has 1 aliphatic carbocycles. The number of rotatable bonds is 5. The van der Waals surface area contributed by atoms with Crippen LogP contribution in [0.25, 0.3) is 11.4 Å². The first-order chi connectivity index (χ1) is 14.5. The van der Waals surface area contributed by atoms with E-state index in [0.29, 0.717) is 30.3 Å². The van der Waals surface area contributed by atoms with Crippen molar-refractivity contribution in [1.82, 2.24) is 15.5 Å². The highest BCUT2D eigenvalue weighted by Gasteiger charge is 2.41. The summed E-state index contributed by atoms with van der Waals surface area (Å²) < 4.78 is 37.8. The molecule has 4 rings (SSSR count). The molecule has 8 heteroatoms. The van der Waals surface area contributed by atoms with E-state index in [1.165, 1.54) is 0 Å². The van der Waals surface area contributed by atoms with Crippen LogP contribution in [-0.4, -0.2) is 23.2 Å². The number of nitrogens with zero attached hydrogens (tertiary/aromatic N) is 2. The van der Waals surface area contributed by atoms with Gasteiger partial charge in [0.25, 0.3) is 11.8 Å². The summed E-state index contributed by atoms with van der Waals surface area (Å²) >= 11 is 0. The van der Waals surface area contributed by atoms with Gasteiger partial charge in [-0.15, -0.1) is 0 Å². The van der Waals surface area contributed by atoms with Gasteiger partial charge in [0, 0.05) is 17.2 Å². The van der Waals surface area contributed by atoms with Gasteiger partial charge in [0.2, 0.25) is 5.82 Å². The van der Waals surface area contributed by atoms with Crippen LogP contribution in [0.1, 0.15) is 48.4 Å². The second-order valence-electron chi connectivity index (χ2n) is 7.41. The van der Waals surface area contributed by atoms with Crippen molar-refractivity contribution in [2.24, 2.45) is 0 Å². The van der Waals surface area contributed by atoms with Crippen LogP contribution in [0.2, 0.25) is 0 Å². The Balaban J connectivity index is 1.63. The third-order valence-electron chi connectivity index (χ3n) is 5.37. The maximum atomic E-state index is 13.6. The van der Waals surface area contributed by atoms with Crippen LogP contribution in [0.3, 0.4) is 0 Å². The van der Waals surface area contributed by atoms with Gasteiger partial charge in [-0.25, -0.2) is 8.78 Å². The van der Waals surface area contributed by atoms with Crippen molar-refractivity contribution < 1.29 is 22.8 Å². The first-order valence-electron chi connectivity index (χ1n) is 9.76. The van der Waals surface area contributed by atoms with E-state index in [4.69, 9.17) is 9.26 Å². The Morgan fingerprint density at radius 3 is 2.37 bits per heavy atom. The molecule has 0 saturated heterocycles. The average Bonchev–Trinajstić information content (AvgIpc) is 3.25. The zero-order chi connectivity index (χ0) is 21.1. The molecule has 0 radical (unpaired) electrons. The Hall–Kier alpha value is -3.29. The number of ether oxygens (including phenoxy) is 1. The van der Waals surface area contributed by atoms with Crippen LogP contribution in [0.4, 0.5) is 8.78 Å². The highest BCUT2D eigenvalue weighted by Crippen LogP contribution is 2.37. The standard InChI is InChI=1S/C22H21F2N3O3/c1-29-18-7-5-14(6-8-18)19-25-21(30-27-19)22(9-3-2-4-10-22)26-20(28)15-11-16(23)13-17(24)12-15/h5-8,11-13H,2-4,9-10H2,1H3,(H,26,28). The molecule has 0 spiro atoms. The lowest BCUT2D eigenvalue weighted by molar-refractivity contribution is 0.0823. The third kappa shape index (κ3) is 4.03. The maximum absolute atomic E-state index is 13.6. The van der Waals surface area contributed by atoms with Crippen molar-refractivity contribution in [3.05, 3.63) is 65.6 Å². The average molecular weight is 413 g/mol. The van der Waals surface area contributed by atoms with Crippen molar-refractivity contribution in [2.45, 2.75) is 37.6 Å². The van der Waals surface area contributed by atoms with Gasteiger partial charge in [-0.1, -0.05) is 24.4 Å². The highest BCUT2D eigenvalue weighted by molar-refractivity contribution is 5.94. The van der Waals surface area contributed by atoms with E-state index in [-0.39, 0.29) is 5.56 Å². The largest absolute Gasteiger partial charge is 0.497 e. The number of benzene rings is 2. The minimum Gasteiger partial charge on any atom is -0.497 e. The molecular formula is C22H21F2N3O3. The molecule has 3 aromatic rings. The molecule has 1 aromatic heterocycles. The van der Waals surface area contributed by atoms with E-state index in [9.17, 15) is 13.6 Å². The fraction of sp³-hybridized carbons (Fsp3) is 0.318. The molecule has 1 amide bonds.